The van der Waals surface area contributed by atoms with Crippen LogP contribution >= 0.6 is 15.9 Å². The number of carbonyl (C=O) groups excluding carboxylic acids is 1. The Morgan fingerprint density at radius 3 is 2.64 bits per heavy atom. The van der Waals surface area contributed by atoms with Crippen LogP contribution in [0.25, 0.3) is 5.57 Å². The highest BCUT2D eigenvalue weighted by Crippen LogP contribution is 2.32. The number of rotatable bonds is 6. The summed E-state index contributed by atoms with van der Waals surface area (Å²) in [6.45, 7) is 7.73. The molecule has 22 heavy (non-hydrogen) atoms. The van der Waals surface area contributed by atoms with Gasteiger partial charge in [0.25, 0.3) is 5.91 Å². The zero-order valence-electron chi connectivity index (χ0n) is 12.3. The van der Waals surface area contributed by atoms with E-state index in [1.165, 1.54) is 12.0 Å². The molecule has 1 aromatic rings. The molecule has 0 spiro atoms. The number of aliphatic hydroxyl groups excluding tert-OH is 1. The Morgan fingerprint density at radius 2 is 2.14 bits per heavy atom. The summed E-state index contributed by atoms with van der Waals surface area (Å²) in [4.78, 5) is 13.6. The fourth-order valence-corrected chi connectivity index (χ4v) is 2.92. The molecule has 0 aliphatic carbocycles. The molecule has 1 heterocycles. The van der Waals surface area contributed by atoms with Crippen LogP contribution < -0.4 is 0 Å². The molecule has 3 atom stereocenters. The molecule has 4 nitrogen and oxygen atoms in total. The zero-order valence-corrected chi connectivity index (χ0v) is 13.9. The number of benzene rings is 1. The molecule has 1 amide bonds. The molecule has 0 aromatic heterocycles. The lowest BCUT2D eigenvalue weighted by Gasteiger charge is -2.48. The van der Waals surface area contributed by atoms with Crippen LogP contribution in [-0.2, 0) is 9.53 Å². The third kappa shape index (κ3) is 3.08. The fourth-order valence-electron chi connectivity index (χ4n) is 2.65. The highest BCUT2D eigenvalue weighted by atomic mass is 79.9. The van der Waals surface area contributed by atoms with Gasteiger partial charge in [-0.15, -0.1) is 5.73 Å². The van der Waals surface area contributed by atoms with Crippen molar-refractivity contribution in [2.24, 2.45) is 0 Å². The number of ether oxygens (including phenoxy) is 1. The molecule has 0 unspecified atom stereocenters. The van der Waals surface area contributed by atoms with Gasteiger partial charge in [-0.05, 0) is 5.56 Å². The molecule has 2 rings (SSSR count). The Morgan fingerprint density at radius 1 is 1.50 bits per heavy atom. The molecule has 5 heteroatoms. The summed E-state index contributed by atoms with van der Waals surface area (Å²) in [7, 11) is 1.46. The molecule has 0 radical (unpaired) electrons. The average Bonchev–Trinajstić information content (AvgIpc) is 2.51. The second kappa shape index (κ2) is 7.07. The van der Waals surface area contributed by atoms with Crippen LogP contribution in [0.4, 0.5) is 0 Å². The predicted molar refractivity (Wildman–Crippen MR) is 89.4 cm³/mol. The van der Waals surface area contributed by atoms with Crippen LogP contribution in [0.15, 0.2) is 53.7 Å². The summed E-state index contributed by atoms with van der Waals surface area (Å²) in [5.41, 5.74) is 4.15. The first-order valence-electron chi connectivity index (χ1n) is 6.81. The minimum atomic E-state index is -0.936. The number of nitrogens with zero attached hydrogens (tertiary/aromatic N) is 1. The number of aliphatic hydroxyl groups is 1. The highest BCUT2D eigenvalue weighted by Gasteiger charge is 2.52. The Kier molecular flexibility index (Phi) is 5.37. The number of methoxy groups -OCH3 is 1. The first kappa shape index (κ1) is 16.7. The van der Waals surface area contributed by atoms with Crippen LogP contribution in [0, 0.1) is 0 Å². The summed E-state index contributed by atoms with van der Waals surface area (Å²) in [6.07, 6.45) is -1.61. The highest BCUT2D eigenvalue weighted by molar-refractivity contribution is 9.11. The number of hydrogen-bond acceptors (Lipinski definition) is 3. The van der Waals surface area contributed by atoms with E-state index in [0.29, 0.717) is 16.6 Å². The number of amides is 1. The number of β-lactam (4-membered cyclic amide) rings is 1. The van der Waals surface area contributed by atoms with Crippen molar-refractivity contribution < 1.29 is 14.6 Å². The Hall–Kier alpha value is -1.65. The molecule has 116 valence electrons. The quantitative estimate of drug-likeness (QED) is 0.623. The SMILES string of the molecule is C=C=C(c1ccccc1)[C@@H](O)[C@H]1[C@@H](OC)C(=O)N1CC(=C)Br. The maximum atomic E-state index is 12.1. The van der Waals surface area contributed by atoms with Crippen LogP contribution in [0.5, 0.6) is 0 Å². The molecule has 0 saturated carbocycles. The van der Waals surface area contributed by atoms with Gasteiger partial charge < -0.3 is 14.7 Å². The fraction of sp³-hybridized carbons (Fsp3) is 0.294. The maximum Gasteiger partial charge on any atom is 0.254 e. The third-order valence-electron chi connectivity index (χ3n) is 3.69. The van der Waals surface area contributed by atoms with Gasteiger partial charge in [-0.3, -0.25) is 4.79 Å². The van der Waals surface area contributed by atoms with E-state index in [2.05, 4.69) is 34.8 Å². The smallest absolute Gasteiger partial charge is 0.254 e. The monoisotopic (exact) mass is 363 g/mol. The van der Waals surface area contributed by atoms with Gasteiger partial charge in [0, 0.05) is 17.2 Å². The van der Waals surface area contributed by atoms with Gasteiger partial charge in [0.15, 0.2) is 6.10 Å². The maximum absolute atomic E-state index is 12.1. The molecule has 1 aliphatic rings. The van der Waals surface area contributed by atoms with Crippen LogP contribution in [0.2, 0.25) is 0 Å². The lowest BCUT2D eigenvalue weighted by molar-refractivity contribution is -0.175. The van der Waals surface area contributed by atoms with Crippen molar-refractivity contribution in [1.82, 2.24) is 4.90 Å². The van der Waals surface area contributed by atoms with Gasteiger partial charge >= 0.3 is 0 Å². The molecule has 1 fully saturated rings. The van der Waals surface area contributed by atoms with Gasteiger partial charge in [0.2, 0.25) is 0 Å². The van der Waals surface area contributed by atoms with Crippen molar-refractivity contribution >= 4 is 27.4 Å². The lowest BCUT2D eigenvalue weighted by atomic mass is 9.86. The molecule has 1 aliphatic heterocycles. The molecular weight excluding hydrogens is 346 g/mol. The molecule has 0 bridgehead atoms. The largest absolute Gasteiger partial charge is 0.385 e. The Labute approximate surface area is 138 Å². The third-order valence-corrected chi connectivity index (χ3v) is 3.94. The summed E-state index contributed by atoms with van der Waals surface area (Å²) < 4.78 is 5.88. The number of hydrogen-bond donors (Lipinski definition) is 1. The van der Waals surface area contributed by atoms with Crippen LogP contribution in [0.1, 0.15) is 5.56 Å². The summed E-state index contributed by atoms with van der Waals surface area (Å²) in [5.74, 6) is -0.163. The zero-order chi connectivity index (χ0) is 16.3. The van der Waals surface area contributed by atoms with E-state index in [1.54, 1.807) is 0 Å². The number of halogens is 1. The summed E-state index contributed by atoms with van der Waals surface area (Å²) in [6, 6.07) is 8.88. The van der Waals surface area contributed by atoms with E-state index < -0.39 is 18.2 Å². The Bertz CT molecular complexity index is 622. The minimum Gasteiger partial charge on any atom is -0.385 e. The summed E-state index contributed by atoms with van der Waals surface area (Å²) in [5, 5.41) is 10.7. The normalized spacial score (nSPS) is 21.8. The van der Waals surface area contributed by atoms with Crippen LogP contribution in [-0.4, -0.2) is 47.8 Å². The second-order valence-corrected chi connectivity index (χ2v) is 6.15. The van der Waals surface area contributed by atoms with E-state index in [4.69, 9.17) is 4.74 Å². The molecule has 1 saturated heterocycles. The van der Waals surface area contributed by atoms with Gasteiger partial charge in [-0.1, -0.05) is 59.4 Å². The summed E-state index contributed by atoms with van der Waals surface area (Å²) >= 11 is 3.25. The topological polar surface area (TPSA) is 49.8 Å². The van der Waals surface area contributed by atoms with Crippen molar-refractivity contribution in [2.75, 3.05) is 13.7 Å². The van der Waals surface area contributed by atoms with Gasteiger partial charge in [0.1, 0.15) is 6.10 Å². The lowest BCUT2D eigenvalue weighted by Crippen LogP contribution is -2.69. The molecule has 1 aromatic carbocycles. The van der Waals surface area contributed by atoms with E-state index in [-0.39, 0.29) is 5.91 Å². The number of carbonyl (C=O) groups is 1. The van der Waals surface area contributed by atoms with Crippen molar-refractivity contribution in [2.45, 2.75) is 18.2 Å². The van der Waals surface area contributed by atoms with Gasteiger partial charge in [-0.25, -0.2) is 0 Å². The molecular formula is C17H18BrNO3. The van der Waals surface area contributed by atoms with Crippen molar-refractivity contribution in [3.63, 3.8) is 0 Å². The average molecular weight is 364 g/mol. The Balaban J connectivity index is 2.28. The van der Waals surface area contributed by atoms with Crippen molar-refractivity contribution in [3.8, 4) is 0 Å². The van der Waals surface area contributed by atoms with Crippen molar-refractivity contribution in [3.05, 3.63) is 59.3 Å². The van der Waals surface area contributed by atoms with Gasteiger partial charge in [0.05, 0.1) is 12.6 Å². The van der Waals surface area contributed by atoms with E-state index >= 15 is 0 Å². The first-order valence-corrected chi connectivity index (χ1v) is 7.60. The standard InChI is InChI=1S/C17H18BrNO3/c1-4-13(12-8-6-5-7-9-12)15(20)14-16(22-3)17(21)19(14)10-11(2)18/h5-9,14-16,20H,1-2,10H2,3H3/t14-,15+,16+/m0/s1. The number of likely N-dealkylation sites (tertiary alicyclic amines) is 1. The second-order valence-electron chi connectivity index (χ2n) is 5.03. The van der Waals surface area contributed by atoms with E-state index in [0.717, 1.165) is 5.56 Å². The van der Waals surface area contributed by atoms with Crippen molar-refractivity contribution in [1.29, 1.82) is 0 Å². The van der Waals surface area contributed by atoms with E-state index in [1.807, 2.05) is 30.3 Å². The first-order chi connectivity index (χ1) is 10.5. The predicted octanol–water partition coefficient (Wildman–Crippen LogP) is 2.35. The minimum absolute atomic E-state index is 0.163. The van der Waals surface area contributed by atoms with E-state index in [9.17, 15) is 9.90 Å². The molecule has 1 N–H and O–H groups in total. The van der Waals surface area contributed by atoms with Crippen LogP contribution in [0.3, 0.4) is 0 Å². The van der Waals surface area contributed by atoms with Gasteiger partial charge in [-0.2, -0.15) is 0 Å².